The summed E-state index contributed by atoms with van der Waals surface area (Å²) in [6.07, 6.45) is 1.02. The highest BCUT2D eigenvalue weighted by atomic mass is 79.9. The fraction of sp³-hybridized carbons (Fsp3) is 1.00. The van der Waals surface area contributed by atoms with E-state index in [1.54, 1.807) is 7.11 Å². The van der Waals surface area contributed by atoms with Gasteiger partial charge in [0.1, 0.15) is 5.01 Å². The zero-order valence-electron chi connectivity index (χ0n) is 4.07. The molecule has 0 spiro atoms. The lowest BCUT2D eigenvalue weighted by molar-refractivity contribution is 0.175. The summed E-state index contributed by atoms with van der Waals surface area (Å²) in [4.78, 5) is 0. The van der Waals surface area contributed by atoms with Crippen molar-refractivity contribution in [2.45, 2.75) is 18.4 Å². The molecule has 0 saturated carbocycles. The van der Waals surface area contributed by atoms with Crippen LogP contribution in [-0.4, -0.2) is 12.1 Å². The molecule has 0 fully saturated rings. The second-order valence-corrected chi connectivity index (χ2v) is 2.08. The summed E-state index contributed by atoms with van der Waals surface area (Å²) in [6.45, 7) is 2.06. The van der Waals surface area contributed by atoms with E-state index in [1.807, 2.05) is 0 Å². The Morgan fingerprint density at radius 1 is 1.83 bits per heavy atom. The maximum atomic E-state index is 4.82. The van der Waals surface area contributed by atoms with E-state index in [0.29, 0.717) is 0 Å². The second-order valence-electron chi connectivity index (χ2n) is 1.05. The summed E-state index contributed by atoms with van der Waals surface area (Å²) in [7, 11) is 1.68. The fourth-order valence-electron chi connectivity index (χ4n) is 0.167. The maximum Gasteiger partial charge on any atom is 0.111 e. The van der Waals surface area contributed by atoms with Gasteiger partial charge in [-0.3, -0.25) is 0 Å². The first-order chi connectivity index (χ1) is 2.81. The van der Waals surface area contributed by atoms with Gasteiger partial charge in [-0.2, -0.15) is 0 Å². The van der Waals surface area contributed by atoms with Crippen LogP contribution < -0.4 is 0 Å². The van der Waals surface area contributed by atoms with E-state index in [9.17, 15) is 0 Å². The average molecular weight is 153 g/mol. The lowest BCUT2D eigenvalue weighted by Crippen LogP contribution is -1.95. The molecule has 0 heterocycles. The van der Waals surface area contributed by atoms with Crippen LogP contribution in [0.4, 0.5) is 0 Å². The molecule has 1 nitrogen and oxygen atoms in total. The Balaban J connectivity index is 2.75. The molecule has 0 bridgehead atoms. The van der Waals surface area contributed by atoms with Gasteiger partial charge in [0.05, 0.1) is 0 Å². The Labute approximate surface area is 46.8 Å². The van der Waals surface area contributed by atoms with Crippen LogP contribution in [0, 0.1) is 0 Å². The Morgan fingerprint density at radius 3 is 2.33 bits per heavy atom. The van der Waals surface area contributed by atoms with Gasteiger partial charge in [0.2, 0.25) is 0 Å². The molecule has 0 saturated heterocycles. The van der Waals surface area contributed by atoms with Crippen LogP contribution >= 0.6 is 15.9 Å². The van der Waals surface area contributed by atoms with E-state index >= 15 is 0 Å². The first-order valence-corrected chi connectivity index (χ1v) is 2.89. The minimum atomic E-state index is 0.248. The average Bonchev–Trinajstić information content (AvgIpc) is 1.65. The molecule has 0 aromatic heterocycles. The molecule has 0 rings (SSSR count). The van der Waals surface area contributed by atoms with E-state index in [1.165, 1.54) is 0 Å². The van der Waals surface area contributed by atoms with Gasteiger partial charge in [-0.15, -0.1) is 0 Å². The van der Waals surface area contributed by atoms with E-state index in [-0.39, 0.29) is 5.01 Å². The van der Waals surface area contributed by atoms with Crippen LogP contribution in [0.25, 0.3) is 0 Å². The van der Waals surface area contributed by atoms with Crippen molar-refractivity contribution in [1.82, 2.24) is 0 Å². The Kier molecular flexibility index (Phi) is 3.89. The van der Waals surface area contributed by atoms with Gasteiger partial charge in [-0.05, 0) is 6.42 Å². The van der Waals surface area contributed by atoms with Crippen LogP contribution in [0.1, 0.15) is 13.3 Å². The van der Waals surface area contributed by atoms with Crippen molar-refractivity contribution in [2.24, 2.45) is 0 Å². The van der Waals surface area contributed by atoms with Crippen LogP contribution in [0.3, 0.4) is 0 Å². The third-order valence-corrected chi connectivity index (χ3v) is 1.60. The van der Waals surface area contributed by atoms with Crippen molar-refractivity contribution >= 4 is 15.9 Å². The smallest absolute Gasteiger partial charge is 0.111 e. The molecule has 0 N–H and O–H groups in total. The number of halogens is 1. The van der Waals surface area contributed by atoms with E-state index in [0.717, 1.165) is 6.42 Å². The van der Waals surface area contributed by atoms with Crippen LogP contribution in [0.15, 0.2) is 0 Å². The summed E-state index contributed by atoms with van der Waals surface area (Å²) in [5.74, 6) is 0. The topological polar surface area (TPSA) is 9.23 Å². The van der Waals surface area contributed by atoms with Crippen molar-refractivity contribution in [3.8, 4) is 0 Å². The zero-order chi connectivity index (χ0) is 4.99. The third kappa shape index (κ3) is 2.67. The fourth-order valence-corrected chi connectivity index (χ4v) is 0.167. The molecule has 1 atom stereocenters. The molecule has 0 aromatic carbocycles. The SMILES string of the molecule is CCC(Br)OC. The lowest BCUT2D eigenvalue weighted by atomic mass is 10.5. The summed E-state index contributed by atoms with van der Waals surface area (Å²) in [5.41, 5.74) is 0. The highest BCUT2D eigenvalue weighted by Gasteiger charge is 1.91. The van der Waals surface area contributed by atoms with E-state index in [4.69, 9.17) is 4.74 Å². The number of rotatable bonds is 2. The molecule has 0 radical (unpaired) electrons. The summed E-state index contributed by atoms with van der Waals surface area (Å²) in [5, 5.41) is 0.248. The van der Waals surface area contributed by atoms with Gasteiger partial charge in [-0.25, -0.2) is 0 Å². The molecular weight excluding hydrogens is 144 g/mol. The number of ether oxygens (including phenoxy) is 1. The van der Waals surface area contributed by atoms with Crippen molar-refractivity contribution < 1.29 is 4.74 Å². The number of hydrogen-bond acceptors (Lipinski definition) is 1. The molecule has 38 valence electrons. The van der Waals surface area contributed by atoms with Crippen molar-refractivity contribution in [3.05, 3.63) is 0 Å². The summed E-state index contributed by atoms with van der Waals surface area (Å²) < 4.78 is 4.82. The molecule has 0 amide bonds. The minimum absolute atomic E-state index is 0.248. The summed E-state index contributed by atoms with van der Waals surface area (Å²) in [6, 6.07) is 0. The van der Waals surface area contributed by atoms with Gasteiger partial charge in [0, 0.05) is 7.11 Å². The Hall–Kier alpha value is 0.440. The molecule has 6 heavy (non-hydrogen) atoms. The van der Waals surface area contributed by atoms with Gasteiger partial charge in [-0.1, -0.05) is 22.9 Å². The Morgan fingerprint density at radius 2 is 2.33 bits per heavy atom. The predicted molar refractivity (Wildman–Crippen MR) is 30.0 cm³/mol. The quantitative estimate of drug-likeness (QED) is 0.549. The third-order valence-electron chi connectivity index (χ3n) is 0.577. The molecule has 0 aliphatic carbocycles. The first kappa shape index (κ1) is 6.44. The Bertz CT molecular complexity index is 26.7. The summed E-state index contributed by atoms with van der Waals surface area (Å²) >= 11 is 3.25. The number of methoxy groups -OCH3 is 1. The number of alkyl halides is 1. The minimum Gasteiger partial charge on any atom is -0.370 e. The van der Waals surface area contributed by atoms with Crippen LogP contribution in [-0.2, 0) is 4.74 Å². The molecule has 0 aromatic rings. The van der Waals surface area contributed by atoms with Crippen molar-refractivity contribution in [1.29, 1.82) is 0 Å². The van der Waals surface area contributed by atoms with Crippen molar-refractivity contribution in [2.75, 3.05) is 7.11 Å². The standard InChI is InChI=1S/C4H9BrO/c1-3-4(5)6-2/h4H,3H2,1-2H3. The highest BCUT2D eigenvalue weighted by Crippen LogP contribution is 2.02. The van der Waals surface area contributed by atoms with Gasteiger partial charge in [0.15, 0.2) is 0 Å². The molecule has 1 unspecified atom stereocenters. The highest BCUT2D eigenvalue weighted by molar-refractivity contribution is 9.09. The predicted octanol–water partition coefficient (Wildman–Crippen LogP) is 1.76. The first-order valence-electron chi connectivity index (χ1n) is 1.98. The number of hydrogen-bond donors (Lipinski definition) is 0. The second kappa shape index (κ2) is 3.62. The van der Waals surface area contributed by atoms with Crippen LogP contribution in [0.5, 0.6) is 0 Å². The van der Waals surface area contributed by atoms with Gasteiger partial charge >= 0.3 is 0 Å². The van der Waals surface area contributed by atoms with Gasteiger partial charge in [0.25, 0.3) is 0 Å². The largest absolute Gasteiger partial charge is 0.370 e. The lowest BCUT2D eigenvalue weighted by Gasteiger charge is -1.99. The normalized spacial score (nSPS) is 14.5. The zero-order valence-corrected chi connectivity index (χ0v) is 5.66. The molecule has 2 heteroatoms. The van der Waals surface area contributed by atoms with E-state index < -0.39 is 0 Å². The molecule has 0 aliphatic rings. The monoisotopic (exact) mass is 152 g/mol. The van der Waals surface area contributed by atoms with E-state index in [2.05, 4.69) is 22.9 Å². The van der Waals surface area contributed by atoms with Gasteiger partial charge < -0.3 is 4.74 Å². The molecule has 0 aliphatic heterocycles. The molecular formula is C4H9BrO. The van der Waals surface area contributed by atoms with Crippen LogP contribution in [0.2, 0.25) is 0 Å². The maximum absolute atomic E-state index is 4.82. The van der Waals surface area contributed by atoms with Crippen molar-refractivity contribution in [3.63, 3.8) is 0 Å².